The zero-order valence-electron chi connectivity index (χ0n) is 9.92. The lowest BCUT2D eigenvalue weighted by Gasteiger charge is -2.03. The number of nitrogens with zero attached hydrogens (tertiary/aromatic N) is 2. The van der Waals surface area contributed by atoms with Gasteiger partial charge in [-0.15, -0.1) is 0 Å². The number of halogens is 3. The zero-order valence-corrected chi connectivity index (χ0v) is 9.92. The van der Waals surface area contributed by atoms with Gasteiger partial charge in [-0.25, -0.2) is 4.98 Å². The molecule has 2 rings (SSSR count). The van der Waals surface area contributed by atoms with Crippen molar-refractivity contribution >= 4 is 5.69 Å². The van der Waals surface area contributed by atoms with Gasteiger partial charge in [0.05, 0.1) is 0 Å². The summed E-state index contributed by atoms with van der Waals surface area (Å²) in [6.07, 6.45) is -3.43. The van der Waals surface area contributed by atoms with Crippen LogP contribution in [0.4, 0.5) is 18.9 Å². The molecule has 0 atom stereocenters. The number of nitrogens with one attached hydrogen (secondary N) is 1. The molecule has 3 nitrogen and oxygen atoms in total. The Morgan fingerprint density at radius 1 is 1.17 bits per heavy atom. The Bertz CT molecular complexity index is 541. The molecule has 0 aliphatic carbocycles. The summed E-state index contributed by atoms with van der Waals surface area (Å²) in [4.78, 5) is 3.62. The average Bonchev–Trinajstić information content (AvgIpc) is 2.71. The normalized spacial score (nSPS) is 11.6. The fraction of sp³-hybridized carbons (Fsp3) is 0.250. The van der Waals surface area contributed by atoms with Gasteiger partial charge >= 0.3 is 6.18 Å². The molecular formula is C12H12F3N3. The molecular weight excluding hydrogens is 243 g/mol. The first-order valence-electron chi connectivity index (χ1n) is 5.30. The SMILES string of the molecule is CNc1ccc(-c2nc(C(F)(F)F)cn2C)cc1. The second kappa shape index (κ2) is 4.36. The van der Waals surface area contributed by atoms with E-state index in [0.29, 0.717) is 11.4 Å². The van der Waals surface area contributed by atoms with Crippen LogP contribution in [0, 0.1) is 0 Å². The van der Waals surface area contributed by atoms with Crippen LogP contribution in [0.5, 0.6) is 0 Å². The third kappa shape index (κ3) is 2.32. The third-order valence-electron chi connectivity index (χ3n) is 2.60. The minimum Gasteiger partial charge on any atom is -0.388 e. The number of hydrogen-bond donors (Lipinski definition) is 1. The molecule has 0 unspecified atom stereocenters. The van der Waals surface area contributed by atoms with Crippen LogP contribution in [-0.4, -0.2) is 16.6 Å². The molecule has 1 heterocycles. The van der Waals surface area contributed by atoms with Gasteiger partial charge < -0.3 is 9.88 Å². The highest BCUT2D eigenvalue weighted by atomic mass is 19.4. The van der Waals surface area contributed by atoms with Gasteiger partial charge in [-0.2, -0.15) is 13.2 Å². The first-order chi connectivity index (χ1) is 8.41. The number of rotatable bonds is 2. The van der Waals surface area contributed by atoms with Gasteiger partial charge in [0.25, 0.3) is 0 Å². The van der Waals surface area contributed by atoms with Crippen molar-refractivity contribution in [3.05, 3.63) is 36.2 Å². The van der Waals surface area contributed by atoms with Crippen molar-refractivity contribution in [2.24, 2.45) is 7.05 Å². The topological polar surface area (TPSA) is 29.9 Å². The van der Waals surface area contributed by atoms with Crippen molar-refractivity contribution in [3.8, 4) is 11.4 Å². The van der Waals surface area contributed by atoms with Crippen molar-refractivity contribution in [2.45, 2.75) is 6.18 Å². The van der Waals surface area contributed by atoms with Crippen LogP contribution in [0.25, 0.3) is 11.4 Å². The molecule has 0 fully saturated rings. The maximum Gasteiger partial charge on any atom is 0.434 e. The Morgan fingerprint density at radius 2 is 1.78 bits per heavy atom. The van der Waals surface area contributed by atoms with Crippen molar-refractivity contribution < 1.29 is 13.2 Å². The van der Waals surface area contributed by atoms with E-state index >= 15 is 0 Å². The first-order valence-corrected chi connectivity index (χ1v) is 5.30. The maximum absolute atomic E-state index is 12.5. The monoisotopic (exact) mass is 255 g/mol. The molecule has 0 bridgehead atoms. The summed E-state index contributed by atoms with van der Waals surface area (Å²) in [5.41, 5.74) is 0.661. The third-order valence-corrected chi connectivity index (χ3v) is 2.60. The highest BCUT2D eigenvalue weighted by molar-refractivity contribution is 5.60. The lowest BCUT2D eigenvalue weighted by molar-refractivity contribution is -0.140. The van der Waals surface area contributed by atoms with Gasteiger partial charge in [0, 0.05) is 31.5 Å². The fourth-order valence-corrected chi connectivity index (χ4v) is 1.66. The summed E-state index contributed by atoms with van der Waals surface area (Å²) in [7, 11) is 3.32. The molecule has 0 aliphatic rings. The predicted octanol–water partition coefficient (Wildman–Crippen LogP) is 3.15. The van der Waals surface area contributed by atoms with E-state index in [0.717, 1.165) is 11.9 Å². The van der Waals surface area contributed by atoms with Crippen LogP contribution in [-0.2, 0) is 13.2 Å². The van der Waals surface area contributed by atoms with E-state index in [1.54, 1.807) is 38.4 Å². The van der Waals surface area contributed by atoms with E-state index in [1.807, 2.05) is 0 Å². The Labute approximate surface area is 102 Å². The summed E-state index contributed by atoms with van der Waals surface area (Å²) in [6, 6.07) is 7.04. The Kier molecular flexibility index (Phi) is 3.02. The number of alkyl halides is 3. The van der Waals surface area contributed by atoms with Gasteiger partial charge in [-0.1, -0.05) is 0 Å². The van der Waals surface area contributed by atoms with E-state index < -0.39 is 11.9 Å². The molecule has 0 amide bonds. The van der Waals surface area contributed by atoms with E-state index in [2.05, 4.69) is 10.3 Å². The zero-order chi connectivity index (χ0) is 13.3. The van der Waals surface area contributed by atoms with Crippen molar-refractivity contribution in [3.63, 3.8) is 0 Å². The second-order valence-corrected chi connectivity index (χ2v) is 3.89. The molecule has 1 aromatic heterocycles. The van der Waals surface area contributed by atoms with Crippen molar-refractivity contribution in [2.75, 3.05) is 12.4 Å². The molecule has 1 N–H and O–H groups in total. The fourth-order valence-electron chi connectivity index (χ4n) is 1.66. The van der Waals surface area contributed by atoms with Crippen LogP contribution in [0.15, 0.2) is 30.5 Å². The average molecular weight is 255 g/mol. The van der Waals surface area contributed by atoms with Crippen molar-refractivity contribution in [1.82, 2.24) is 9.55 Å². The molecule has 6 heteroatoms. The Hall–Kier alpha value is -1.98. The molecule has 0 spiro atoms. The summed E-state index contributed by atoms with van der Waals surface area (Å²) < 4.78 is 39.0. The Morgan fingerprint density at radius 3 is 2.22 bits per heavy atom. The molecule has 2 aromatic rings. The van der Waals surface area contributed by atoms with Gasteiger partial charge in [0.2, 0.25) is 0 Å². The minimum absolute atomic E-state index is 0.296. The maximum atomic E-state index is 12.5. The number of anilines is 1. The van der Waals surface area contributed by atoms with Gasteiger partial charge in [-0.05, 0) is 24.3 Å². The van der Waals surface area contributed by atoms with Gasteiger partial charge in [-0.3, -0.25) is 0 Å². The van der Waals surface area contributed by atoms with E-state index in [4.69, 9.17) is 0 Å². The van der Waals surface area contributed by atoms with Crippen LogP contribution in [0.1, 0.15) is 5.69 Å². The lowest BCUT2D eigenvalue weighted by Crippen LogP contribution is -2.04. The smallest absolute Gasteiger partial charge is 0.388 e. The number of aromatic nitrogens is 2. The molecule has 96 valence electrons. The highest BCUT2D eigenvalue weighted by Crippen LogP contribution is 2.30. The summed E-state index contributed by atoms with van der Waals surface area (Å²) in [5, 5.41) is 2.94. The van der Waals surface area contributed by atoms with Crippen molar-refractivity contribution in [1.29, 1.82) is 0 Å². The highest BCUT2D eigenvalue weighted by Gasteiger charge is 2.34. The van der Waals surface area contributed by atoms with E-state index in [9.17, 15) is 13.2 Å². The van der Waals surface area contributed by atoms with Crippen LogP contribution in [0.3, 0.4) is 0 Å². The van der Waals surface area contributed by atoms with Crippen LogP contribution in [0.2, 0.25) is 0 Å². The number of imidazole rings is 1. The van der Waals surface area contributed by atoms with Crippen LogP contribution < -0.4 is 5.32 Å². The second-order valence-electron chi connectivity index (χ2n) is 3.89. The van der Waals surface area contributed by atoms with E-state index in [-0.39, 0.29) is 0 Å². The summed E-state index contributed by atoms with van der Waals surface area (Å²) in [5.74, 6) is 0.296. The first kappa shape index (κ1) is 12.5. The molecule has 0 saturated carbocycles. The van der Waals surface area contributed by atoms with E-state index in [1.165, 1.54) is 4.57 Å². The Balaban J connectivity index is 2.41. The lowest BCUT2D eigenvalue weighted by atomic mass is 10.2. The quantitative estimate of drug-likeness (QED) is 0.893. The minimum atomic E-state index is -4.42. The standard InChI is InChI=1S/C12H12F3N3/c1-16-9-5-3-8(4-6-9)11-17-10(7-18(11)2)12(13,14)15/h3-7,16H,1-2H3. The molecule has 0 radical (unpaired) electrons. The number of hydrogen-bond acceptors (Lipinski definition) is 2. The largest absolute Gasteiger partial charge is 0.434 e. The van der Waals surface area contributed by atoms with Crippen LogP contribution >= 0.6 is 0 Å². The van der Waals surface area contributed by atoms with Gasteiger partial charge in [0.15, 0.2) is 5.69 Å². The molecule has 18 heavy (non-hydrogen) atoms. The number of aryl methyl sites for hydroxylation is 1. The number of benzene rings is 1. The summed E-state index contributed by atoms with van der Waals surface area (Å²) >= 11 is 0. The molecule has 1 aromatic carbocycles. The van der Waals surface area contributed by atoms with Gasteiger partial charge in [0.1, 0.15) is 5.82 Å². The molecule has 0 aliphatic heterocycles. The summed E-state index contributed by atoms with van der Waals surface area (Å²) in [6.45, 7) is 0. The molecule has 0 saturated heterocycles. The predicted molar refractivity (Wildman–Crippen MR) is 63.2 cm³/mol.